The lowest BCUT2D eigenvalue weighted by Crippen LogP contribution is -2.48. The molecule has 0 saturated carbocycles. The van der Waals surface area contributed by atoms with Crippen LogP contribution < -0.4 is 10.0 Å². The van der Waals surface area contributed by atoms with Gasteiger partial charge < -0.3 is 19.6 Å². The molecule has 0 unspecified atom stereocenters. The van der Waals surface area contributed by atoms with E-state index in [1.54, 1.807) is 52.0 Å². The highest BCUT2D eigenvalue weighted by atomic mass is 79.9. The molecule has 5 N–H and O–H groups in total. The monoisotopic (exact) mass is 851 g/mol. The second-order valence-corrected chi connectivity index (χ2v) is 15.3. The van der Waals surface area contributed by atoms with Crippen LogP contribution >= 0.6 is 35.1 Å². The average Bonchev–Trinajstić information content (AvgIpc) is 3.25. The van der Waals surface area contributed by atoms with Crippen molar-refractivity contribution in [3.63, 3.8) is 0 Å². The minimum Gasteiger partial charge on any atom is -0.480 e. The van der Waals surface area contributed by atoms with E-state index >= 15 is 0 Å². The first-order valence-electron chi connectivity index (χ1n) is 14.2. The summed E-state index contributed by atoms with van der Waals surface area (Å²) in [4.78, 5) is 50.2. The third-order valence-electron chi connectivity index (χ3n) is 6.05. The molecule has 2 aromatic carbocycles. The number of esters is 1. The molecule has 3 aromatic rings. The van der Waals surface area contributed by atoms with Gasteiger partial charge >= 0.3 is 35.9 Å². The molecule has 51 heavy (non-hydrogen) atoms. The Morgan fingerprint density at radius 3 is 2.22 bits per heavy atom. The predicted octanol–water partition coefficient (Wildman–Crippen LogP) is 5.23. The number of hydrogen-bond donors (Lipinski definition) is 5. The van der Waals surface area contributed by atoms with Crippen molar-refractivity contribution in [2.75, 3.05) is 17.6 Å². The van der Waals surface area contributed by atoms with E-state index in [4.69, 9.17) is 31.2 Å². The third-order valence-corrected chi connectivity index (χ3v) is 9.33. The Labute approximate surface area is 302 Å². The van der Waals surface area contributed by atoms with Crippen LogP contribution in [-0.4, -0.2) is 80.2 Å². The number of carbonyl (C=O) groups is 3. The van der Waals surface area contributed by atoms with Crippen LogP contribution in [0.15, 0.2) is 40.9 Å². The highest BCUT2D eigenvalue weighted by molar-refractivity contribution is 9.10. The molecule has 23 heteroatoms. The van der Waals surface area contributed by atoms with Gasteiger partial charge in [0.1, 0.15) is 11.5 Å². The van der Waals surface area contributed by atoms with Gasteiger partial charge in [0, 0.05) is 18.7 Å². The number of aryl methyl sites for hydroxylation is 1. The molecule has 4 rings (SSSR count). The maximum atomic E-state index is 14.3. The maximum Gasteiger partial charge on any atom is 0.434 e. The number of aromatic nitrogens is 2. The van der Waals surface area contributed by atoms with Gasteiger partial charge in [-0.3, -0.25) is 28.9 Å². The van der Waals surface area contributed by atoms with E-state index in [-0.39, 0.29) is 21.8 Å². The molecular weight excluding hydrogens is 821 g/mol. The number of amides is 1. The molecular formula is C28H32BrClF4N5O10PS. The Kier molecular flexibility index (Phi) is 14.8. The number of halogens is 6. The summed E-state index contributed by atoms with van der Waals surface area (Å²) in [6.07, 6.45) is -5.74. The maximum absolute atomic E-state index is 14.3. The lowest BCUT2D eigenvalue weighted by atomic mass is 10.1. The number of rotatable bonds is 8. The van der Waals surface area contributed by atoms with Crippen molar-refractivity contribution in [1.29, 1.82) is 0 Å². The molecule has 2 heterocycles. The first-order valence-corrected chi connectivity index (χ1v) is 18.6. The summed E-state index contributed by atoms with van der Waals surface area (Å²) in [5, 5.41) is 13.6. The van der Waals surface area contributed by atoms with E-state index in [1.807, 2.05) is 0 Å². The average molecular weight is 853 g/mol. The zero-order valence-corrected chi connectivity index (χ0v) is 31.3. The summed E-state index contributed by atoms with van der Waals surface area (Å²) < 4.78 is 95.5. The molecule has 1 aromatic heterocycles. The molecule has 0 aliphatic carbocycles. The molecule has 0 radical (unpaired) electrons. The van der Waals surface area contributed by atoms with Crippen LogP contribution in [-0.2, 0) is 37.5 Å². The number of anilines is 1. The van der Waals surface area contributed by atoms with Crippen LogP contribution in [0.25, 0.3) is 11.3 Å². The molecule has 0 bridgehead atoms. The highest BCUT2D eigenvalue weighted by Gasteiger charge is 2.39. The Balaban J connectivity index is 0.000000296. The number of benzene rings is 2. The zero-order chi connectivity index (χ0) is 39.2. The van der Waals surface area contributed by atoms with Crippen LogP contribution in [0.3, 0.4) is 0 Å². The van der Waals surface area contributed by atoms with E-state index < -0.39 is 82.8 Å². The zero-order valence-electron chi connectivity index (χ0n) is 27.2. The topological polar surface area (TPSA) is 217 Å². The summed E-state index contributed by atoms with van der Waals surface area (Å²) in [5.74, 6) is -3.36. The van der Waals surface area contributed by atoms with Crippen molar-refractivity contribution in [3.8, 4) is 11.3 Å². The minimum atomic E-state index is -4.69. The van der Waals surface area contributed by atoms with Gasteiger partial charge in [0.15, 0.2) is 5.69 Å². The van der Waals surface area contributed by atoms with Crippen LogP contribution in [0.5, 0.6) is 0 Å². The fraction of sp³-hybridized carbons (Fsp3) is 0.357. The number of fused-ring (bicyclic) bond motifs is 1. The van der Waals surface area contributed by atoms with Gasteiger partial charge in [-0.15, -0.1) is 0 Å². The summed E-state index contributed by atoms with van der Waals surface area (Å²) in [7, 11) is -6.77. The third kappa shape index (κ3) is 12.0. The number of para-hydroxylation sites is 1. The van der Waals surface area contributed by atoms with Crippen molar-refractivity contribution < 1.29 is 64.6 Å². The van der Waals surface area contributed by atoms with Crippen LogP contribution in [0.4, 0.5) is 23.2 Å². The number of aliphatic carboxylic acids is 1. The Hall–Kier alpha value is -3.59. The minimum absolute atomic E-state index is 0.169. The largest absolute Gasteiger partial charge is 0.480 e. The van der Waals surface area contributed by atoms with Crippen molar-refractivity contribution in [3.05, 3.63) is 68.5 Å². The number of ether oxygens (including phenoxy) is 1. The summed E-state index contributed by atoms with van der Waals surface area (Å²) in [6, 6.07) is 8.02. The molecule has 1 aliphatic rings. The van der Waals surface area contributed by atoms with Gasteiger partial charge in [-0.05, 0) is 67.9 Å². The quantitative estimate of drug-likeness (QED) is 0.112. The Bertz CT molecular complexity index is 1940. The fourth-order valence-corrected chi connectivity index (χ4v) is 6.97. The number of nitrogens with one attached hydrogen (secondary N) is 2. The van der Waals surface area contributed by atoms with Crippen molar-refractivity contribution >= 4 is 68.9 Å². The number of carbonyl (C=O) groups excluding carboxylic acids is 2. The number of carboxylic acid groups (broad SMARTS) is 1. The van der Waals surface area contributed by atoms with Crippen molar-refractivity contribution in [1.82, 2.24) is 19.4 Å². The smallest absolute Gasteiger partial charge is 0.434 e. The molecule has 0 atom stereocenters. The van der Waals surface area contributed by atoms with Crippen molar-refractivity contribution in [2.24, 2.45) is 7.05 Å². The SMILES string of the molecule is CC(C)N1C(=O)c2ccccc2NS1(=O)=O.CC(C)OC(=O)c1cc(-c2nn(C)c(C(F)(F)F)c2Br)c(F)cc1Cl.O=C(O)CNCP(=O)(O)O. The lowest BCUT2D eigenvalue weighted by Gasteiger charge is -2.31. The number of nitrogens with zero attached hydrogens (tertiary/aromatic N) is 3. The van der Waals surface area contributed by atoms with Crippen LogP contribution in [0.1, 0.15) is 54.1 Å². The van der Waals surface area contributed by atoms with Crippen LogP contribution in [0.2, 0.25) is 5.02 Å². The van der Waals surface area contributed by atoms with Crippen LogP contribution in [0, 0.1) is 5.82 Å². The summed E-state index contributed by atoms with van der Waals surface area (Å²) in [6.45, 7) is 6.10. The molecule has 1 amide bonds. The van der Waals surface area contributed by atoms with Gasteiger partial charge in [-0.1, -0.05) is 23.7 Å². The lowest BCUT2D eigenvalue weighted by molar-refractivity contribution is -0.144. The first-order chi connectivity index (χ1) is 23.3. The highest BCUT2D eigenvalue weighted by Crippen LogP contribution is 2.41. The molecule has 0 saturated heterocycles. The Morgan fingerprint density at radius 2 is 1.73 bits per heavy atom. The standard InChI is InChI=1S/C15H12BrClF4N2O2.C10H12N2O3S.C3H8NO5P/c1-6(2)25-14(24)7-4-8(10(18)5-9(7)17)12-11(16)13(15(19,20)21)23(3)22-12;1-7(2)12-10(13)8-5-3-4-6-9(8)11-16(12,14)15;5-3(6)1-4-2-10(7,8)9/h4-6H,1-3H3;3-7,11H,1-2H3;4H,1-2H2,(H,5,6)(H2,7,8,9). The molecule has 0 fully saturated rings. The van der Waals surface area contributed by atoms with Gasteiger partial charge in [-0.25, -0.2) is 13.5 Å². The molecule has 15 nitrogen and oxygen atoms in total. The molecule has 0 spiro atoms. The second kappa shape index (κ2) is 17.3. The summed E-state index contributed by atoms with van der Waals surface area (Å²) in [5.41, 5.74) is -1.14. The fourth-order valence-electron chi connectivity index (χ4n) is 4.14. The van der Waals surface area contributed by atoms with E-state index in [2.05, 4.69) is 31.1 Å². The van der Waals surface area contributed by atoms with E-state index in [0.717, 1.165) is 23.5 Å². The van der Waals surface area contributed by atoms with Gasteiger partial charge in [0.05, 0.1) is 45.2 Å². The normalized spacial score (nSPS) is 13.8. The summed E-state index contributed by atoms with van der Waals surface area (Å²) >= 11 is 8.67. The molecule has 1 aliphatic heterocycles. The van der Waals surface area contributed by atoms with E-state index in [1.165, 1.54) is 0 Å². The molecule has 282 valence electrons. The van der Waals surface area contributed by atoms with Gasteiger partial charge in [-0.2, -0.15) is 26.7 Å². The van der Waals surface area contributed by atoms with E-state index in [9.17, 15) is 44.9 Å². The van der Waals surface area contributed by atoms with E-state index in [0.29, 0.717) is 15.9 Å². The number of carboxylic acids is 1. The second-order valence-electron chi connectivity index (χ2n) is 10.9. The van der Waals surface area contributed by atoms with Gasteiger partial charge in [0.2, 0.25) is 0 Å². The van der Waals surface area contributed by atoms with Gasteiger partial charge in [0.25, 0.3) is 5.91 Å². The Morgan fingerprint density at radius 1 is 1.14 bits per heavy atom. The first kappa shape index (κ1) is 43.6. The number of hydrogen-bond acceptors (Lipinski definition) is 9. The number of alkyl halides is 3. The predicted molar refractivity (Wildman–Crippen MR) is 180 cm³/mol. The van der Waals surface area contributed by atoms with Crippen molar-refractivity contribution in [2.45, 2.75) is 46.0 Å².